The minimum absolute atomic E-state index is 0.0230. The molecular formula is C35H55N3O9. The Morgan fingerprint density at radius 2 is 1.74 bits per heavy atom. The molecule has 0 aromatic rings. The molecule has 4 heterocycles. The van der Waals surface area contributed by atoms with Crippen molar-refractivity contribution in [3.8, 4) is 0 Å². The first-order chi connectivity index (χ1) is 22.4. The average Bonchev–Trinajstić information content (AvgIpc) is 3.89. The van der Waals surface area contributed by atoms with E-state index < -0.39 is 6.04 Å². The molecule has 1 spiro atoms. The zero-order valence-corrected chi connectivity index (χ0v) is 29.2. The first-order valence-corrected chi connectivity index (χ1v) is 17.5. The van der Waals surface area contributed by atoms with E-state index in [-0.39, 0.29) is 84.6 Å². The van der Waals surface area contributed by atoms with Crippen molar-refractivity contribution in [3.63, 3.8) is 0 Å². The number of hydrogen-bond acceptors (Lipinski definition) is 10. The maximum absolute atomic E-state index is 13.3. The number of nitrogens with zero attached hydrogens (tertiary/aromatic N) is 3. The van der Waals surface area contributed by atoms with Crippen LogP contribution < -0.4 is 0 Å². The molecule has 4 saturated heterocycles. The van der Waals surface area contributed by atoms with Gasteiger partial charge in [-0.1, -0.05) is 25.5 Å². The number of Topliss-reactive ketones (excluding diaryl/α,β-unsaturated/α-hetero) is 1. The number of amides is 2. The van der Waals surface area contributed by atoms with Gasteiger partial charge < -0.3 is 33.5 Å². The van der Waals surface area contributed by atoms with Crippen LogP contribution >= 0.6 is 0 Å². The number of ketones is 1. The van der Waals surface area contributed by atoms with Crippen LogP contribution in [0.25, 0.3) is 0 Å². The largest absolute Gasteiger partial charge is 0.463 e. The number of epoxide rings is 2. The van der Waals surface area contributed by atoms with Gasteiger partial charge in [0.2, 0.25) is 5.91 Å². The first-order valence-electron chi connectivity index (χ1n) is 17.5. The van der Waals surface area contributed by atoms with E-state index in [1.807, 2.05) is 13.8 Å². The summed E-state index contributed by atoms with van der Waals surface area (Å²) >= 11 is 0. The zero-order chi connectivity index (χ0) is 33.9. The van der Waals surface area contributed by atoms with Crippen LogP contribution in [0.2, 0.25) is 0 Å². The Bertz CT molecular complexity index is 1190. The fourth-order valence-electron chi connectivity index (χ4n) is 7.77. The van der Waals surface area contributed by atoms with E-state index >= 15 is 0 Å². The lowest BCUT2D eigenvalue weighted by Crippen LogP contribution is -2.57. The van der Waals surface area contributed by atoms with E-state index in [1.54, 1.807) is 16.9 Å². The summed E-state index contributed by atoms with van der Waals surface area (Å²) in [5.74, 6) is -0.634. The Hall–Kier alpha value is -2.54. The highest BCUT2D eigenvalue weighted by Crippen LogP contribution is 2.59. The summed E-state index contributed by atoms with van der Waals surface area (Å²) in [5.41, 5.74) is 0.604. The number of hydrogen-bond donors (Lipinski definition) is 0. The summed E-state index contributed by atoms with van der Waals surface area (Å²) in [4.78, 5) is 56.3. The fraction of sp³-hybridized carbons (Fsp3) is 0.829. The predicted octanol–water partition coefficient (Wildman–Crippen LogP) is 3.36. The zero-order valence-electron chi connectivity index (χ0n) is 29.2. The van der Waals surface area contributed by atoms with E-state index in [1.165, 1.54) is 5.57 Å². The van der Waals surface area contributed by atoms with E-state index in [4.69, 9.17) is 23.7 Å². The predicted molar refractivity (Wildman–Crippen MR) is 173 cm³/mol. The van der Waals surface area contributed by atoms with Crippen LogP contribution in [0.1, 0.15) is 79.6 Å². The molecule has 12 nitrogen and oxygen atoms in total. The average molecular weight is 662 g/mol. The van der Waals surface area contributed by atoms with Crippen molar-refractivity contribution >= 4 is 23.8 Å². The van der Waals surface area contributed by atoms with Crippen molar-refractivity contribution in [2.24, 2.45) is 11.8 Å². The molecule has 1 aliphatic carbocycles. The highest BCUT2D eigenvalue weighted by molar-refractivity contribution is 5.89. The SMILES string of the molecule is CO[C@H]1[C@H](C2(C)O[C@@H]2CC=C(C)C)[C@]2(CC[C@H]1OC(=O)N1CCN(CCOC(=O)C3CCCN3C(=O)CCC(=O)C(C)C)CC1)CO2. The summed E-state index contributed by atoms with van der Waals surface area (Å²) in [6.45, 7) is 14.2. The van der Waals surface area contributed by atoms with Gasteiger partial charge in [0.1, 0.15) is 41.8 Å². The number of methoxy groups -OCH3 is 1. The van der Waals surface area contributed by atoms with Crippen molar-refractivity contribution in [3.05, 3.63) is 11.6 Å². The Labute approximate surface area is 279 Å². The number of piperazine rings is 1. The summed E-state index contributed by atoms with van der Waals surface area (Å²) in [5, 5.41) is 0. The van der Waals surface area contributed by atoms with E-state index in [9.17, 15) is 19.2 Å². The molecule has 0 N–H and O–H groups in total. The maximum atomic E-state index is 13.3. The van der Waals surface area contributed by atoms with Crippen LogP contribution in [0.3, 0.4) is 0 Å². The monoisotopic (exact) mass is 661 g/mol. The Balaban J connectivity index is 1.04. The molecule has 0 radical (unpaired) electrons. The molecule has 47 heavy (non-hydrogen) atoms. The molecule has 5 aliphatic rings. The van der Waals surface area contributed by atoms with Crippen molar-refractivity contribution in [1.82, 2.24) is 14.7 Å². The molecule has 0 bridgehead atoms. The molecule has 0 aromatic heterocycles. The van der Waals surface area contributed by atoms with Gasteiger partial charge in [0.15, 0.2) is 0 Å². The molecule has 5 rings (SSSR count). The van der Waals surface area contributed by atoms with Gasteiger partial charge in [0, 0.05) is 65.1 Å². The number of carbonyl (C=O) groups is 4. The van der Waals surface area contributed by atoms with Crippen LogP contribution in [0.5, 0.6) is 0 Å². The number of likely N-dealkylation sites (tertiary alicyclic amines) is 1. The van der Waals surface area contributed by atoms with Gasteiger partial charge in [0.05, 0.1) is 18.6 Å². The molecule has 264 valence electrons. The number of esters is 1. The van der Waals surface area contributed by atoms with Crippen molar-refractivity contribution in [2.45, 2.75) is 115 Å². The Kier molecular flexibility index (Phi) is 11.4. The molecular weight excluding hydrogens is 606 g/mol. The van der Waals surface area contributed by atoms with Crippen LogP contribution in [0.15, 0.2) is 11.6 Å². The normalized spacial score (nSPS) is 33.6. The van der Waals surface area contributed by atoms with Gasteiger partial charge in [-0.15, -0.1) is 0 Å². The summed E-state index contributed by atoms with van der Waals surface area (Å²) in [6.07, 6.45) is 5.23. The lowest BCUT2D eigenvalue weighted by atomic mass is 9.68. The number of carbonyl (C=O) groups excluding carboxylic acids is 4. The quantitative estimate of drug-likeness (QED) is 0.165. The van der Waals surface area contributed by atoms with Gasteiger partial charge in [-0.25, -0.2) is 9.59 Å². The second-order valence-electron chi connectivity index (χ2n) is 14.7. The summed E-state index contributed by atoms with van der Waals surface area (Å²) in [7, 11) is 1.68. The molecule has 2 unspecified atom stereocenters. The summed E-state index contributed by atoms with van der Waals surface area (Å²) in [6, 6.07) is -0.586. The van der Waals surface area contributed by atoms with Gasteiger partial charge in [-0.3, -0.25) is 14.5 Å². The smallest absolute Gasteiger partial charge is 0.410 e. The highest BCUT2D eigenvalue weighted by atomic mass is 16.6. The highest BCUT2D eigenvalue weighted by Gasteiger charge is 2.72. The van der Waals surface area contributed by atoms with Crippen LogP contribution in [0, 0.1) is 11.8 Å². The number of ether oxygens (including phenoxy) is 5. The lowest BCUT2D eigenvalue weighted by Gasteiger charge is -2.43. The standard InChI is InChI=1S/C35H55N3O9/c1-23(2)9-11-28-34(5,47-28)31-30(43-6)27(13-14-35(31)22-45-35)46-33(42)37-18-16-36(17-19-37)20-21-44-32(41)25-8-7-15-38(25)29(40)12-10-26(39)24(3)4/h9,24-25,27-28,30-31H,7-8,10-22H2,1-6H3/t25?,27-,28-,30-,31-,34?,35+/m1/s1. The minimum Gasteiger partial charge on any atom is -0.463 e. The Morgan fingerprint density at radius 1 is 1.02 bits per heavy atom. The van der Waals surface area contributed by atoms with Gasteiger partial charge >= 0.3 is 12.1 Å². The van der Waals surface area contributed by atoms with E-state index in [0.717, 1.165) is 19.3 Å². The van der Waals surface area contributed by atoms with Gasteiger partial charge in [-0.2, -0.15) is 0 Å². The number of allylic oxidation sites excluding steroid dienone is 1. The van der Waals surface area contributed by atoms with E-state index in [2.05, 4.69) is 31.7 Å². The third kappa shape index (κ3) is 8.20. The number of rotatable bonds is 13. The first kappa shape index (κ1) is 35.8. The molecule has 1 saturated carbocycles. The lowest BCUT2D eigenvalue weighted by molar-refractivity contribution is -0.154. The van der Waals surface area contributed by atoms with Crippen molar-refractivity contribution < 1.29 is 42.9 Å². The van der Waals surface area contributed by atoms with Crippen LogP contribution in [-0.4, -0.2) is 134 Å². The molecule has 2 amide bonds. The van der Waals surface area contributed by atoms with E-state index in [0.29, 0.717) is 58.7 Å². The van der Waals surface area contributed by atoms with Crippen LogP contribution in [0.4, 0.5) is 4.79 Å². The topological polar surface area (TPSA) is 131 Å². The second kappa shape index (κ2) is 14.9. The van der Waals surface area contributed by atoms with Gasteiger partial charge in [0.25, 0.3) is 0 Å². The minimum atomic E-state index is -0.586. The van der Waals surface area contributed by atoms with Crippen LogP contribution in [-0.2, 0) is 38.1 Å². The van der Waals surface area contributed by atoms with Gasteiger partial charge in [-0.05, 0) is 52.9 Å². The van der Waals surface area contributed by atoms with Crippen molar-refractivity contribution in [2.75, 3.05) is 59.6 Å². The molecule has 12 heteroatoms. The Morgan fingerprint density at radius 3 is 2.38 bits per heavy atom. The molecule has 7 atom stereocenters. The molecule has 0 aromatic carbocycles. The van der Waals surface area contributed by atoms with Crippen molar-refractivity contribution in [1.29, 1.82) is 0 Å². The maximum Gasteiger partial charge on any atom is 0.410 e. The third-order valence-corrected chi connectivity index (χ3v) is 10.8. The summed E-state index contributed by atoms with van der Waals surface area (Å²) < 4.78 is 30.0. The second-order valence-corrected chi connectivity index (χ2v) is 14.7. The molecule has 4 aliphatic heterocycles. The third-order valence-electron chi connectivity index (χ3n) is 10.8. The molecule has 5 fully saturated rings. The fourth-order valence-corrected chi connectivity index (χ4v) is 7.77.